The van der Waals surface area contributed by atoms with Crippen molar-refractivity contribution in [3.63, 3.8) is 0 Å². The lowest BCUT2D eigenvalue weighted by Gasteiger charge is -2.36. The maximum Gasteiger partial charge on any atom is 0.317 e. The van der Waals surface area contributed by atoms with Gasteiger partial charge >= 0.3 is 23.9 Å². The fraction of sp³-hybridized carbons (Fsp3) is 0.706. The van der Waals surface area contributed by atoms with Crippen LogP contribution in [0.4, 0.5) is 0 Å². The third-order valence-corrected chi connectivity index (χ3v) is 6.97. The lowest BCUT2D eigenvalue weighted by molar-refractivity contribution is -0.155. The quantitative estimate of drug-likeness (QED) is 0.463. The molecule has 8 atom stereocenters. The molecule has 5 aliphatic rings. The molecule has 0 aromatic heterocycles. The molecule has 0 radical (unpaired) electrons. The fourth-order valence-corrected chi connectivity index (χ4v) is 5.89. The van der Waals surface area contributed by atoms with Gasteiger partial charge in [-0.3, -0.25) is 24.0 Å². The van der Waals surface area contributed by atoms with Crippen LogP contribution < -0.4 is 0 Å². The molecular weight excluding hydrogens is 316 g/mol. The second-order valence-electron chi connectivity index (χ2n) is 7.79. The third-order valence-electron chi connectivity index (χ3n) is 6.97. The molecule has 0 aromatic carbocycles. The molecule has 5 rings (SSSR count). The van der Waals surface area contributed by atoms with Gasteiger partial charge in [-0.05, 0) is 37.5 Å². The van der Waals surface area contributed by atoms with Crippen molar-refractivity contribution < 1.29 is 33.4 Å². The summed E-state index contributed by atoms with van der Waals surface area (Å²) in [5.41, 5.74) is 0. The molecule has 126 valence electrons. The Morgan fingerprint density at radius 2 is 0.833 bits per heavy atom. The number of fused-ring (bicyclic) bond motifs is 5. The zero-order valence-corrected chi connectivity index (χ0v) is 12.8. The Bertz CT molecular complexity index is 652. The summed E-state index contributed by atoms with van der Waals surface area (Å²) in [5.74, 6) is -4.37. The number of ketones is 1. The Morgan fingerprint density at radius 1 is 0.500 bits per heavy atom. The molecule has 2 heterocycles. The van der Waals surface area contributed by atoms with Gasteiger partial charge in [-0.25, -0.2) is 0 Å². The van der Waals surface area contributed by atoms with Gasteiger partial charge in [0.2, 0.25) is 0 Å². The van der Waals surface area contributed by atoms with Gasteiger partial charge in [-0.1, -0.05) is 0 Å². The van der Waals surface area contributed by atoms with E-state index in [1.807, 2.05) is 0 Å². The molecule has 3 aliphatic carbocycles. The predicted molar refractivity (Wildman–Crippen MR) is 73.6 cm³/mol. The van der Waals surface area contributed by atoms with Crippen LogP contribution in [0.2, 0.25) is 0 Å². The highest BCUT2D eigenvalue weighted by atomic mass is 16.6. The Kier molecular flexibility index (Phi) is 2.69. The summed E-state index contributed by atoms with van der Waals surface area (Å²) in [7, 11) is 0. The van der Waals surface area contributed by atoms with Crippen molar-refractivity contribution in [2.45, 2.75) is 25.7 Å². The van der Waals surface area contributed by atoms with Crippen molar-refractivity contribution in [1.82, 2.24) is 0 Å². The highest BCUT2D eigenvalue weighted by molar-refractivity contribution is 5.99. The smallest absolute Gasteiger partial charge is 0.317 e. The van der Waals surface area contributed by atoms with Crippen LogP contribution in [-0.2, 0) is 33.4 Å². The molecule has 24 heavy (non-hydrogen) atoms. The molecule has 3 saturated carbocycles. The highest BCUT2D eigenvalue weighted by Crippen LogP contribution is 2.58. The largest absolute Gasteiger partial charge is 0.393 e. The van der Waals surface area contributed by atoms with E-state index in [0.717, 1.165) is 0 Å². The highest BCUT2D eigenvalue weighted by Gasteiger charge is 2.63. The van der Waals surface area contributed by atoms with E-state index >= 15 is 0 Å². The normalized spacial score (nSPS) is 49.2. The van der Waals surface area contributed by atoms with Crippen molar-refractivity contribution in [3.05, 3.63) is 0 Å². The van der Waals surface area contributed by atoms with Gasteiger partial charge in [0.05, 0.1) is 23.7 Å². The molecule has 0 amide bonds. The van der Waals surface area contributed by atoms with Gasteiger partial charge in [0.25, 0.3) is 0 Å². The molecule has 7 nitrogen and oxygen atoms in total. The first-order chi connectivity index (χ1) is 11.5. The second kappa shape index (κ2) is 4.52. The fourth-order valence-electron chi connectivity index (χ4n) is 5.89. The number of hydrogen-bond acceptors (Lipinski definition) is 7. The van der Waals surface area contributed by atoms with E-state index in [1.165, 1.54) is 0 Å². The van der Waals surface area contributed by atoms with E-state index in [4.69, 9.17) is 9.47 Å². The topological polar surface area (TPSA) is 104 Å². The molecule has 7 heteroatoms. The van der Waals surface area contributed by atoms with Crippen LogP contribution in [0.15, 0.2) is 0 Å². The van der Waals surface area contributed by atoms with E-state index in [0.29, 0.717) is 25.7 Å². The Balaban J connectivity index is 1.46. The average Bonchev–Trinajstić information content (AvgIpc) is 3.10. The molecular formula is C17H16O7. The van der Waals surface area contributed by atoms with E-state index < -0.39 is 47.5 Å². The van der Waals surface area contributed by atoms with Crippen LogP contribution in [0.3, 0.4) is 0 Å². The summed E-state index contributed by atoms with van der Waals surface area (Å²) in [6.07, 6.45) is 1.65. The van der Waals surface area contributed by atoms with E-state index in [-0.39, 0.29) is 29.5 Å². The summed E-state index contributed by atoms with van der Waals surface area (Å²) in [6, 6.07) is 0. The molecule has 8 unspecified atom stereocenters. The van der Waals surface area contributed by atoms with Crippen molar-refractivity contribution in [1.29, 1.82) is 0 Å². The minimum atomic E-state index is -0.512. The summed E-state index contributed by atoms with van der Waals surface area (Å²) in [6.45, 7) is 0. The molecule has 2 aliphatic heterocycles. The maximum atomic E-state index is 12.9. The van der Waals surface area contributed by atoms with E-state index in [9.17, 15) is 24.0 Å². The zero-order chi connectivity index (χ0) is 16.7. The van der Waals surface area contributed by atoms with Crippen LogP contribution in [0, 0.1) is 47.3 Å². The monoisotopic (exact) mass is 332 g/mol. The Morgan fingerprint density at radius 3 is 1.21 bits per heavy atom. The Hall–Kier alpha value is -2.05. The van der Waals surface area contributed by atoms with E-state index in [2.05, 4.69) is 0 Å². The predicted octanol–water partition coefficient (Wildman–Crippen LogP) is 0.253. The van der Waals surface area contributed by atoms with Crippen molar-refractivity contribution in [2.24, 2.45) is 47.3 Å². The number of rotatable bonds is 0. The lowest BCUT2D eigenvalue weighted by Crippen LogP contribution is -2.37. The lowest BCUT2D eigenvalue weighted by atomic mass is 9.64. The van der Waals surface area contributed by atoms with Gasteiger partial charge in [-0.15, -0.1) is 0 Å². The number of hydrogen-bond donors (Lipinski definition) is 0. The number of cyclic esters (lactones) is 4. The molecule has 0 spiro atoms. The van der Waals surface area contributed by atoms with Crippen LogP contribution in [-0.4, -0.2) is 29.7 Å². The minimum Gasteiger partial charge on any atom is -0.393 e. The minimum absolute atomic E-state index is 0.00773. The first kappa shape index (κ1) is 14.3. The number of esters is 4. The summed E-state index contributed by atoms with van der Waals surface area (Å²) in [5, 5.41) is 0. The molecule has 2 saturated heterocycles. The van der Waals surface area contributed by atoms with Crippen LogP contribution in [0.5, 0.6) is 0 Å². The molecule has 0 bridgehead atoms. The molecule has 5 fully saturated rings. The van der Waals surface area contributed by atoms with Crippen molar-refractivity contribution in [3.8, 4) is 0 Å². The standard InChI is InChI=1S/C17H16O7/c18-13-7-3-11-9(14(19)23-16(11)21)1-5(7)6-2-10-12(4-8(6)13)17(22)24-15(10)20/h5-12H,1-4H2. The SMILES string of the molecule is O=C1OC(=O)C2CC3C(CC12)C(=O)C1CC2C(=O)OC(=O)C2CC13. The number of carbonyl (C=O) groups is 5. The summed E-state index contributed by atoms with van der Waals surface area (Å²) >= 11 is 0. The maximum absolute atomic E-state index is 12.9. The van der Waals surface area contributed by atoms with Crippen LogP contribution in [0.1, 0.15) is 25.7 Å². The van der Waals surface area contributed by atoms with E-state index in [1.54, 1.807) is 0 Å². The third kappa shape index (κ3) is 1.65. The van der Waals surface area contributed by atoms with Crippen molar-refractivity contribution >= 4 is 29.7 Å². The summed E-state index contributed by atoms with van der Waals surface area (Å²) < 4.78 is 9.47. The summed E-state index contributed by atoms with van der Waals surface area (Å²) in [4.78, 5) is 60.2. The van der Waals surface area contributed by atoms with Gasteiger partial charge < -0.3 is 9.47 Å². The van der Waals surface area contributed by atoms with Crippen LogP contribution in [0.25, 0.3) is 0 Å². The average molecular weight is 332 g/mol. The zero-order valence-electron chi connectivity index (χ0n) is 12.8. The molecule has 0 aromatic rings. The van der Waals surface area contributed by atoms with Crippen molar-refractivity contribution in [2.75, 3.05) is 0 Å². The Labute approximate surface area is 137 Å². The van der Waals surface area contributed by atoms with Gasteiger partial charge in [-0.2, -0.15) is 0 Å². The number of carbonyl (C=O) groups excluding carboxylic acids is 5. The molecule has 0 N–H and O–H groups in total. The van der Waals surface area contributed by atoms with Gasteiger partial charge in [0, 0.05) is 11.8 Å². The first-order valence-corrected chi connectivity index (χ1v) is 8.50. The second-order valence-corrected chi connectivity index (χ2v) is 7.79. The van der Waals surface area contributed by atoms with Gasteiger partial charge in [0.15, 0.2) is 0 Å². The first-order valence-electron chi connectivity index (χ1n) is 8.50. The van der Waals surface area contributed by atoms with Gasteiger partial charge in [0.1, 0.15) is 5.78 Å². The van der Waals surface area contributed by atoms with Crippen LogP contribution >= 0.6 is 0 Å². The number of ether oxygens (including phenoxy) is 2. The number of Topliss-reactive ketones (excluding diaryl/α,β-unsaturated/α-hetero) is 1.